The summed E-state index contributed by atoms with van der Waals surface area (Å²) in [4.78, 5) is 28.1. The van der Waals surface area contributed by atoms with Crippen molar-refractivity contribution < 1.29 is 39.9 Å². The van der Waals surface area contributed by atoms with Crippen LogP contribution in [-0.4, -0.2) is 56.7 Å². The first-order valence-corrected chi connectivity index (χ1v) is 5.41. The van der Waals surface area contributed by atoms with Gasteiger partial charge in [0, 0.05) is 30.9 Å². The lowest BCUT2D eigenvalue weighted by Crippen LogP contribution is -1.92. The summed E-state index contributed by atoms with van der Waals surface area (Å²) in [7, 11) is 0. The number of carboxylic acid groups (broad SMARTS) is 3. The van der Waals surface area contributed by atoms with E-state index in [0.717, 1.165) is 12.2 Å². The van der Waals surface area contributed by atoms with E-state index in [-0.39, 0.29) is 18.8 Å². The van der Waals surface area contributed by atoms with Crippen LogP contribution in [0.15, 0.2) is 37.5 Å². The summed E-state index contributed by atoms with van der Waals surface area (Å²) < 4.78 is 0. The number of aliphatic carboxylic acids is 3. The van der Waals surface area contributed by atoms with Crippen LogP contribution in [-0.2, 0) is 14.4 Å². The Hall–Kier alpha value is -2.45. The van der Waals surface area contributed by atoms with Crippen LogP contribution in [0.5, 0.6) is 0 Å². The van der Waals surface area contributed by atoms with Crippen LogP contribution in [0, 0.1) is 0 Å². The summed E-state index contributed by atoms with van der Waals surface area (Å²) in [5.41, 5.74) is 0.176. The first kappa shape index (κ1) is 27.0. The molecule has 0 spiro atoms. The Bertz CT molecular complexity index is 301. The fourth-order valence-corrected chi connectivity index (χ4v) is 0.0707. The molecule has 0 aliphatic heterocycles. The number of hydrogen-bond acceptors (Lipinski definition) is 5. The highest BCUT2D eigenvalue weighted by atomic mass is 16.4. The second-order valence-corrected chi connectivity index (χ2v) is 2.97. The van der Waals surface area contributed by atoms with Crippen molar-refractivity contribution in [3.63, 3.8) is 0 Å². The number of aliphatic hydroxyl groups excluding tert-OH is 2. The van der Waals surface area contributed by atoms with Crippen molar-refractivity contribution in [2.24, 2.45) is 0 Å². The van der Waals surface area contributed by atoms with Gasteiger partial charge in [-0.05, 0) is 13.3 Å². The molecule has 0 aliphatic carbocycles. The molecule has 0 saturated carbocycles. The van der Waals surface area contributed by atoms with Gasteiger partial charge in [0.1, 0.15) is 0 Å². The van der Waals surface area contributed by atoms with Crippen LogP contribution in [0.2, 0.25) is 0 Å². The van der Waals surface area contributed by atoms with Crippen molar-refractivity contribution in [1.29, 1.82) is 0 Å². The summed E-state index contributed by atoms with van der Waals surface area (Å²) in [6.45, 7) is 10.7. The molecule has 8 nitrogen and oxygen atoms in total. The van der Waals surface area contributed by atoms with E-state index < -0.39 is 17.9 Å². The number of carboxylic acids is 3. The number of rotatable bonds is 5. The molecule has 0 aliphatic rings. The Morgan fingerprint density at radius 3 is 1.10 bits per heavy atom. The van der Waals surface area contributed by atoms with Crippen LogP contribution >= 0.6 is 0 Å². The predicted octanol–water partition coefficient (Wildman–Crippen LogP) is 0.522. The van der Waals surface area contributed by atoms with Crippen molar-refractivity contribution >= 4 is 17.9 Å². The molecule has 0 bridgehead atoms. The molecular formula is C13H22O8. The van der Waals surface area contributed by atoms with Crippen LogP contribution < -0.4 is 0 Å². The largest absolute Gasteiger partial charge is 0.478 e. The Kier molecular flexibility index (Phi) is 29.2. The second kappa shape index (κ2) is 22.7. The Balaban J connectivity index is -0.0000000921. The lowest BCUT2D eigenvalue weighted by molar-refractivity contribution is -0.133. The van der Waals surface area contributed by atoms with E-state index in [9.17, 15) is 14.4 Å². The Morgan fingerprint density at radius 2 is 1.10 bits per heavy atom. The van der Waals surface area contributed by atoms with Crippen molar-refractivity contribution in [2.75, 3.05) is 13.2 Å². The average Bonchev–Trinajstić information content (AvgIpc) is 2.41. The highest BCUT2D eigenvalue weighted by molar-refractivity contribution is 5.84. The standard InChI is InChI=1S/C4H6O2.2C3H4O2.C3H8O2/c1-3(2)4(5)6;2*1-2-3(4)5;4-2-1-3-5/h1H2,2H3,(H,5,6);2*2H,1H2,(H,4,5);4-5H,1-3H2. The fourth-order valence-electron chi connectivity index (χ4n) is 0.0707. The minimum absolute atomic E-state index is 0.0938. The van der Waals surface area contributed by atoms with Gasteiger partial charge in [0.25, 0.3) is 0 Å². The topological polar surface area (TPSA) is 152 Å². The van der Waals surface area contributed by atoms with Gasteiger partial charge in [0.2, 0.25) is 0 Å². The van der Waals surface area contributed by atoms with Gasteiger partial charge in [-0.1, -0.05) is 19.7 Å². The van der Waals surface area contributed by atoms with E-state index in [1.807, 2.05) is 0 Å². The van der Waals surface area contributed by atoms with E-state index in [0.29, 0.717) is 6.42 Å². The van der Waals surface area contributed by atoms with Gasteiger partial charge in [-0.3, -0.25) is 0 Å². The minimum Gasteiger partial charge on any atom is -0.478 e. The summed E-state index contributed by atoms with van der Waals surface area (Å²) in [5, 5.41) is 38.9. The molecule has 122 valence electrons. The van der Waals surface area contributed by atoms with Gasteiger partial charge in [0.15, 0.2) is 0 Å². The Labute approximate surface area is 123 Å². The van der Waals surface area contributed by atoms with Gasteiger partial charge in [0.05, 0.1) is 0 Å². The molecule has 21 heavy (non-hydrogen) atoms. The SMILES string of the molecule is C=C(C)C(=O)O.C=CC(=O)O.C=CC(=O)O.OCCCO. The third-order valence-corrected chi connectivity index (χ3v) is 1.03. The predicted molar refractivity (Wildman–Crippen MR) is 76.9 cm³/mol. The average molecular weight is 306 g/mol. The first-order chi connectivity index (χ1) is 9.60. The van der Waals surface area contributed by atoms with E-state index in [4.69, 9.17) is 25.5 Å². The smallest absolute Gasteiger partial charge is 0.330 e. The summed E-state index contributed by atoms with van der Waals surface area (Å²) in [6.07, 6.45) is 2.17. The molecule has 0 atom stereocenters. The molecule has 0 aromatic heterocycles. The lowest BCUT2D eigenvalue weighted by Gasteiger charge is -1.79. The highest BCUT2D eigenvalue weighted by Gasteiger charge is 1.90. The second-order valence-electron chi connectivity index (χ2n) is 2.97. The van der Waals surface area contributed by atoms with Gasteiger partial charge < -0.3 is 25.5 Å². The van der Waals surface area contributed by atoms with Crippen LogP contribution in [0.4, 0.5) is 0 Å². The van der Waals surface area contributed by atoms with Crippen molar-refractivity contribution in [2.45, 2.75) is 13.3 Å². The molecule has 0 saturated heterocycles. The van der Waals surface area contributed by atoms with E-state index >= 15 is 0 Å². The Morgan fingerprint density at radius 1 is 0.905 bits per heavy atom. The number of aliphatic hydroxyl groups is 2. The molecule has 0 fully saturated rings. The van der Waals surface area contributed by atoms with E-state index in [1.165, 1.54) is 6.92 Å². The van der Waals surface area contributed by atoms with Gasteiger partial charge in [-0.25, -0.2) is 14.4 Å². The zero-order valence-electron chi connectivity index (χ0n) is 11.9. The molecule has 8 heteroatoms. The molecule has 0 heterocycles. The van der Waals surface area contributed by atoms with Gasteiger partial charge in [-0.15, -0.1) is 0 Å². The maximum absolute atomic E-state index is 9.60. The molecule has 5 N–H and O–H groups in total. The van der Waals surface area contributed by atoms with Crippen LogP contribution in [0.25, 0.3) is 0 Å². The van der Waals surface area contributed by atoms with Crippen molar-refractivity contribution in [3.05, 3.63) is 37.5 Å². The zero-order chi connectivity index (χ0) is 17.8. The zero-order valence-corrected chi connectivity index (χ0v) is 11.9. The number of hydrogen-bond donors (Lipinski definition) is 5. The molecule has 0 rings (SSSR count). The summed E-state index contributed by atoms with van der Waals surface area (Å²) >= 11 is 0. The van der Waals surface area contributed by atoms with Crippen LogP contribution in [0.1, 0.15) is 13.3 Å². The first-order valence-electron chi connectivity index (χ1n) is 5.41. The van der Waals surface area contributed by atoms with Gasteiger partial charge in [-0.2, -0.15) is 0 Å². The molecule has 0 aromatic carbocycles. The lowest BCUT2D eigenvalue weighted by atomic mass is 10.4. The molecule has 0 unspecified atom stereocenters. The minimum atomic E-state index is -0.981. The van der Waals surface area contributed by atoms with Crippen LogP contribution in [0.3, 0.4) is 0 Å². The van der Waals surface area contributed by atoms with Crippen molar-refractivity contribution in [1.82, 2.24) is 0 Å². The highest BCUT2D eigenvalue weighted by Crippen LogP contribution is 1.81. The third kappa shape index (κ3) is 74.4. The van der Waals surface area contributed by atoms with E-state index in [1.54, 1.807) is 0 Å². The quantitative estimate of drug-likeness (QED) is 0.461. The molecular weight excluding hydrogens is 284 g/mol. The maximum atomic E-state index is 9.60. The summed E-state index contributed by atoms with van der Waals surface area (Å²) in [6, 6.07) is 0. The summed E-state index contributed by atoms with van der Waals surface area (Å²) in [5.74, 6) is -2.90. The normalized spacial score (nSPS) is 7.19. The monoisotopic (exact) mass is 306 g/mol. The van der Waals surface area contributed by atoms with Gasteiger partial charge >= 0.3 is 17.9 Å². The molecule has 0 radical (unpaired) electrons. The van der Waals surface area contributed by atoms with E-state index in [2.05, 4.69) is 19.7 Å². The third-order valence-electron chi connectivity index (χ3n) is 1.03. The molecule has 0 aromatic rings. The maximum Gasteiger partial charge on any atom is 0.330 e. The number of carbonyl (C=O) groups is 3. The fraction of sp³-hybridized carbons (Fsp3) is 0.308. The van der Waals surface area contributed by atoms with Crippen molar-refractivity contribution in [3.8, 4) is 0 Å². The molecule has 0 amide bonds.